The smallest absolute Gasteiger partial charge is 0.245 e. The Kier molecular flexibility index (Phi) is 5.04. The molecular formula is C20H30N6O. The average molecular weight is 371 g/mol. The number of hydrogen-bond donors (Lipinski definition) is 0. The van der Waals surface area contributed by atoms with Gasteiger partial charge in [-0.3, -0.25) is 4.79 Å². The van der Waals surface area contributed by atoms with Gasteiger partial charge in [0, 0.05) is 63.8 Å². The summed E-state index contributed by atoms with van der Waals surface area (Å²) < 4.78 is 0. The fourth-order valence-corrected chi connectivity index (χ4v) is 4.55. The maximum Gasteiger partial charge on any atom is 0.245 e. The molecule has 3 fully saturated rings. The van der Waals surface area contributed by atoms with Crippen molar-refractivity contribution in [3.8, 4) is 0 Å². The van der Waals surface area contributed by atoms with Gasteiger partial charge in [0.25, 0.3) is 0 Å². The minimum atomic E-state index is 0.0617. The summed E-state index contributed by atoms with van der Waals surface area (Å²) in [5.74, 6) is 2.14. The summed E-state index contributed by atoms with van der Waals surface area (Å²) in [5.41, 5.74) is 0.307. The quantitative estimate of drug-likeness (QED) is 0.743. The van der Waals surface area contributed by atoms with E-state index in [-0.39, 0.29) is 5.91 Å². The van der Waals surface area contributed by atoms with Crippen molar-refractivity contribution < 1.29 is 4.79 Å². The number of carbonyl (C=O) groups is 1. The Hall–Kier alpha value is -2.15. The van der Waals surface area contributed by atoms with Crippen LogP contribution in [0.4, 0.5) is 11.6 Å². The fourth-order valence-electron chi connectivity index (χ4n) is 4.55. The van der Waals surface area contributed by atoms with Gasteiger partial charge in [0.2, 0.25) is 5.91 Å². The molecule has 3 aliphatic heterocycles. The summed E-state index contributed by atoms with van der Waals surface area (Å²) in [6.07, 6.45) is 5.35. The molecule has 1 aromatic heterocycles. The number of likely N-dealkylation sites (tertiary alicyclic amines) is 1. The molecule has 0 radical (unpaired) electrons. The first kappa shape index (κ1) is 18.2. The minimum Gasteiger partial charge on any atom is -0.356 e. The van der Waals surface area contributed by atoms with Crippen LogP contribution in [0.2, 0.25) is 0 Å². The molecule has 7 nitrogen and oxygen atoms in total. The van der Waals surface area contributed by atoms with E-state index in [1.165, 1.54) is 6.08 Å². The number of carbonyl (C=O) groups excluding carboxylic acids is 1. The van der Waals surface area contributed by atoms with Crippen molar-refractivity contribution in [2.45, 2.75) is 19.8 Å². The number of piperidine rings is 1. The van der Waals surface area contributed by atoms with Gasteiger partial charge in [0.1, 0.15) is 18.0 Å². The number of rotatable bonds is 4. The lowest BCUT2D eigenvalue weighted by Crippen LogP contribution is -2.61. The van der Waals surface area contributed by atoms with Gasteiger partial charge < -0.3 is 19.6 Å². The standard InChI is InChI=1S/C20H30N6O/c1-3-19(27)26-14-20(15-26)5-7-24(8-6-20)17-13-18(22-16-21-17)25-11-9-23(4-2)10-12-25/h3,13,16H,1,4-12,14-15H2,2H3. The molecule has 0 unspecified atom stereocenters. The number of amides is 1. The number of likely N-dealkylation sites (N-methyl/N-ethyl adjacent to an activating group) is 1. The molecule has 4 heterocycles. The van der Waals surface area contributed by atoms with E-state index in [2.05, 4.69) is 44.2 Å². The van der Waals surface area contributed by atoms with Crippen molar-refractivity contribution in [3.05, 3.63) is 25.0 Å². The molecule has 0 N–H and O–H groups in total. The van der Waals surface area contributed by atoms with Crippen molar-refractivity contribution >= 4 is 17.5 Å². The highest BCUT2D eigenvalue weighted by molar-refractivity contribution is 5.87. The lowest BCUT2D eigenvalue weighted by atomic mass is 9.72. The molecule has 0 saturated carbocycles. The van der Waals surface area contributed by atoms with Crippen LogP contribution in [0.15, 0.2) is 25.0 Å². The number of aromatic nitrogens is 2. The van der Waals surface area contributed by atoms with Gasteiger partial charge in [-0.1, -0.05) is 13.5 Å². The average Bonchev–Trinajstić information content (AvgIpc) is 2.71. The lowest BCUT2D eigenvalue weighted by Gasteiger charge is -2.53. The first-order valence-corrected chi connectivity index (χ1v) is 10.1. The second-order valence-electron chi connectivity index (χ2n) is 8.04. The molecule has 1 aromatic rings. The van der Waals surface area contributed by atoms with Crippen LogP contribution in [0.1, 0.15) is 19.8 Å². The Morgan fingerprint density at radius 3 is 2.22 bits per heavy atom. The first-order chi connectivity index (χ1) is 13.1. The maximum absolute atomic E-state index is 11.7. The summed E-state index contributed by atoms with van der Waals surface area (Å²) in [6, 6.07) is 2.15. The van der Waals surface area contributed by atoms with Crippen LogP contribution in [0, 0.1) is 5.41 Å². The van der Waals surface area contributed by atoms with Crippen LogP contribution in [-0.4, -0.2) is 84.6 Å². The SMILES string of the molecule is C=CC(=O)N1CC2(CCN(c3cc(N4CCN(CC)CC4)ncn3)CC2)C1. The van der Waals surface area contributed by atoms with Gasteiger partial charge in [0.15, 0.2) is 0 Å². The summed E-state index contributed by atoms with van der Waals surface area (Å²) in [7, 11) is 0. The van der Waals surface area contributed by atoms with E-state index >= 15 is 0 Å². The Morgan fingerprint density at radius 1 is 1.07 bits per heavy atom. The van der Waals surface area contributed by atoms with Gasteiger partial charge in [-0.25, -0.2) is 9.97 Å². The summed E-state index contributed by atoms with van der Waals surface area (Å²) >= 11 is 0. The number of hydrogen-bond acceptors (Lipinski definition) is 6. The molecule has 146 valence electrons. The molecule has 0 aliphatic carbocycles. The van der Waals surface area contributed by atoms with Crippen molar-refractivity contribution in [2.24, 2.45) is 5.41 Å². The van der Waals surface area contributed by atoms with Gasteiger partial charge in [0.05, 0.1) is 0 Å². The molecule has 3 aliphatic rings. The van der Waals surface area contributed by atoms with E-state index in [0.717, 1.165) is 83.4 Å². The molecule has 1 amide bonds. The maximum atomic E-state index is 11.7. The Labute approximate surface area is 161 Å². The third kappa shape index (κ3) is 3.65. The number of anilines is 2. The van der Waals surface area contributed by atoms with Crippen molar-refractivity contribution in [2.75, 3.05) is 68.7 Å². The normalized spacial score (nSPS) is 22.6. The predicted octanol–water partition coefficient (Wildman–Crippen LogP) is 1.23. The summed E-state index contributed by atoms with van der Waals surface area (Å²) in [5, 5.41) is 0. The molecule has 0 aromatic carbocycles. The molecule has 27 heavy (non-hydrogen) atoms. The number of nitrogens with zero attached hydrogens (tertiary/aromatic N) is 6. The second kappa shape index (κ2) is 7.46. The lowest BCUT2D eigenvalue weighted by molar-refractivity contribution is -0.139. The van der Waals surface area contributed by atoms with E-state index in [1.54, 1.807) is 6.33 Å². The van der Waals surface area contributed by atoms with Crippen LogP contribution in [0.5, 0.6) is 0 Å². The summed E-state index contributed by atoms with van der Waals surface area (Å²) in [6.45, 7) is 14.9. The van der Waals surface area contributed by atoms with Crippen molar-refractivity contribution in [3.63, 3.8) is 0 Å². The Bertz CT molecular complexity index is 683. The monoisotopic (exact) mass is 370 g/mol. The molecular weight excluding hydrogens is 340 g/mol. The van der Waals surface area contributed by atoms with E-state index in [1.807, 2.05) is 4.90 Å². The van der Waals surface area contributed by atoms with E-state index in [4.69, 9.17) is 0 Å². The van der Waals surface area contributed by atoms with E-state index < -0.39 is 0 Å². The Morgan fingerprint density at radius 2 is 1.67 bits per heavy atom. The van der Waals surface area contributed by atoms with Crippen LogP contribution in [0.25, 0.3) is 0 Å². The number of piperazine rings is 1. The van der Waals surface area contributed by atoms with Gasteiger partial charge >= 0.3 is 0 Å². The van der Waals surface area contributed by atoms with Crippen LogP contribution < -0.4 is 9.80 Å². The van der Waals surface area contributed by atoms with Crippen LogP contribution in [-0.2, 0) is 4.79 Å². The van der Waals surface area contributed by atoms with Gasteiger partial charge in [-0.15, -0.1) is 0 Å². The minimum absolute atomic E-state index is 0.0617. The predicted molar refractivity (Wildman–Crippen MR) is 107 cm³/mol. The topological polar surface area (TPSA) is 55.8 Å². The van der Waals surface area contributed by atoms with Gasteiger partial charge in [-0.05, 0) is 25.5 Å². The molecule has 3 saturated heterocycles. The second-order valence-corrected chi connectivity index (χ2v) is 8.04. The van der Waals surface area contributed by atoms with Crippen molar-refractivity contribution in [1.29, 1.82) is 0 Å². The molecule has 7 heteroatoms. The van der Waals surface area contributed by atoms with Crippen LogP contribution >= 0.6 is 0 Å². The van der Waals surface area contributed by atoms with E-state index in [9.17, 15) is 4.79 Å². The van der Waals surface area contributed by atoms with Gasteiger partial charge in [-0.2, -0.15) is 0 Å². The zero-order valence-electron chi connectivity index (χ0n) is 16.3. The zero-order valence-corrected chi connectivity index (χ0v) is 16.3. The Balaban J connectivity index is 1.34. The highest BCUT2D eigenvalue weighted by Gasteiger charge is 2.46. The molecule has 4 rings (SSSR count). The molecule has 0 atom stereocenters. The largest absolute Gasteiger partial charge is 0.356 e. The fraction of sp³-hybridized carbons (Fsp3) is 0.650. The third-order valence-electron chi connectivity index (χ3n) is 6.47. The third-order valence-corrected chi connectivity index (χ3v) is 6.47. The van der Waals surface area contributed by atoms with E-state index in [0.29, 0.717) is 5.41 Å². The first-order valence-electron chi connectivity index (χ1n) is 10.1. The molecule has 0 bridgehead atoms. The zero-order chi connectivity index (χ0) is 18.9. The highest BCUT2D eigenvalue weighted by atomic mass is 16.2. The molecule has 1 spiro atoms. The summed E-state index contributed by atoms with van der Waals surface area (Å²) in [4.78, 5) is 29.9. The highest BCUT2D eigenvalue weighted by Crippen LogP contribution is 2.41. The van der Waals surface area contributed by atoms with Crippen LogP contribution in [0.3, 0.4) is 0 Å². The van der Waals surface area contributed by atoms with Crippen molar-refractivity contribution in [1.82, 2.24) is 19.8 Å².